The Kier molecular flexibility index (Phi) is 4.11. The predicted octanol–water partition coefficient (Wildman–Crippen LogP) is 0.873. The highest BCUT2D eigenvalue weighted by Gasteiger charge is 2.10. The zero-order chi connectivity index (χ0) is 14.5. The van der Waals surface area contributed by atoms with Crippen LogP contribution >= 0.6 is 11.6 Å². The molecule has 1 aromatic heterocycles. The van der Waals surface area contributed by atoms with Crippen molar-refractivity contribution in [2.45, 2.75) is 6.54 Å². The van der Waals surface area contributed by atoms with Gasteiger partial charge >= 0.3 is 12.0 Å². The molecular formula is C10H9ClN6O3. The van der Waals surface area contributed by atoms with Gasteiger partial charge in [0.2, 0.25) is 0 Å². The summed E-state index contributed by atoms with van der Waals surface area (Å²) >= 11 is 5.87. The van der Waals surface area contributed by atoms with E-state index in [1.807, 2.05) is 0 Å². The van der Waals surface area contributed by atoms with Crippen LogP contribution in [0.4, 0.5) is 10.5 Å². The monoisotopic (exact) mass is 296 g/mol. The van der Waals surface area contributed by atoms with E-state index in [2.05, 4.69) is 31.3 Å². The second kappa shape index (κ2) is 5.97. The van der Waals surface area contributed by atoms with Gasteiger partial charge in [-0.2, -0.15) is 5.21 Å². The number of hydrogen-bond donors (Lipinski definition) is 4. The molecule has 9 nitrogen and oxygen atoms in total. The van der Waals surface area contributed by atoms with Crippen LogP contribution in [0, 0.1) is 0 Å². The Morgan fingerprint density at radius 2 is 2.20 bits per heavy atom. The minimum Gasteiger partial charge on any atom is -0.478 e. The summed E-state index contributed by atoms with van der Waals surface area (Å²) in [5.74, 6) is -0.803. The van der Waals surface area contributed by atoms with Crippen LogP contribution in [0.15, 0.2) is 18.2 Å². The minimum absolute atomic E-state index is 0.0165. The van der Waals surface area contributed by atoms with Crippen LogP contribution in [-0.4, -0.2) is 37.7 Å². The second-order valence-electron chi connectivity index (χ2n) is 3.64. The number of hydrogen-bond acceptors (Lipinski definition) is 5. The van der Waals surface area contributed by atoms with Crippen LogP contribution < -0.4 is 10.6 Å². The fraction of sp³-hybridized carbons (Fsp3) is 0.100. The molecule has 2 amide bonds. The van der Waals surface area contributed by atoms with Crippen molar-refractivity contribution in [3.63, 3.8) is 0 Å². The van der Waals surface area contributed by atoms with Gasteiger partial charge in [-0.15, -0.1) is 10.2 Å². The molecule has 2 rings (SSSR count). The number of tetrazole rings is 1. The Hall–Kier alpha value is -2.68. The lowest BCUT2D eigenvalue weighted by atomic mass is 10.2. The molecule has 20 heavy (non-hydrogen) atoms. The number of carboxylic acid groups (broad SMARTS) is 1. The number of H-pyrrole nitrogens is 1. The summed E-state index contributed by atoms with van der Waals surface area (Å²) < 4.78 is 0. The third-order valence-corrected chi connectivity index (χ3v) is 2.59. The maximum absolute atomic E-state index is 11.6. The average molecular weight is 297 g/mol. The molecule has 2 aromatic rings. The summed E-state index contributed by atoms with van der Waals surface area (Å²) in [6.07, 6.45) is 0. The van der Waals surface area contributed by atoms with E-state index >= 15 is 0 Å². The molecule has 0 atom stereocenters. The molecule has 0 saturated heterocycles. The number of anilines is 1. The summed E-state index contributed by atoms with van der Waals surface area (Å²) in [4.78, 5) is 22.5. The van der Waals surface area contributed by atoms with Gasteiger partial charge in [-0.05, 0) is 18.2 Å². The van der Waals surface area contributed by atoms with E-state index in [-0.39, 0.29) is 22.8 Å². The quantitative estimate of drug-likeness (QED) is 0.661. The number of nitrogens with zero attached hydrogens (tertiary/aromatic N) is 3. The first kappa shape index (κ1) is 13.7. The smallest absolute Gasteiger partial charge is 0.335 e. The predicted molar refractivity (Wildman–Crippen MR) is 68.4 cm³/mol. The Morgan fingerprint density at radius 3 is 2.85 bits per heavy atom. The van der Waals surface area contributed by atoms with Crippen LogP contribution in [0.5, 0.6) is 0 Å². The van der Waals surface area contributed by atoms with Gasteiger partial charge < -0.3 is 15.7 Å². The van der Waals surface area contributed by atoms with E-state index in [0.717, 1.165) is 0 Å². The molecule has 4 N–H and O–H groups in total. The van der Waals surface area contributed by atoms with Crippen molar-refractivity contribution in [1.29, 1.82) is 0 Å². The first-order valence-electron chi connectivity index (χ1n) is 5.36. The number of carbonyl (C=O) groups is 2. The van der Waals surface area contributed by atoms with Crippen LogP contribution in [0.25, 0.3) is 0 Å². The van der Waals surface area contributed by atoms with Crippen LogP contribution in [0.3, 0.4) is 0 Å². The minimum atomic E-state index is -1.11. The molecule has 10 heteroatoms. The molecule has 0 radical (unpaired) electrons. The lowest BCUT2D eigenvalue weighted by Crippen LogP contribution is -2.28. The molecular weight excluding hydrogens is 288 g/mol. The van der Waals surface area contributed by atoms with Gasteiger partial charge in [0.05, 0.1) is 22.8 Å². The number of aromatic amines is 1. The summed E-state index contributed by atoms with van der Waals surface area (Å²) in [6.45, 7) is 0.0680. The SMILES string of the molecule is O=C(NCc1nn[nH]n1)Nc1cc(C(=O)O)ccc1Cl. The molecule has 0 unspecified atom stereocenters. The van der Waals surface area contributed by atoms with Gasteiger partial charge in [-0.3, -0.25) is 0 Å². The van der Waals surface area contributed by atoms with Crippen molar-refractivity contribution in [3.8, 4) is 0 Å². The summed E-state index contributed by atoms with van der Waals surface area (Å²) in [7, 11) is 0. The van der Waals surface area contributed by atoms with Crippen LogP contribution in [-0.2, 0) is 6.54 Å². The highest BCUT2D eigenvalue weighted by molar-refractivity contribution is 6.33. The highest BCUT2D eigenvalue weighted by Crippen LogP contribution is 2.22. The molecule has 0 spiro atoms. The maximum Gasteiger partial charge on any atom is 0.335 e. The Balaban J connectivity index is 2.00. The van der Waals surface area contributed by atoms with E-state index in [1.54, 1.807) is 0 Å². The van der Waals surface area contributed by atoms with E-state index in [1.165, 1.54) is 18.2 Å². The van der Waals surface area contributed by atoms with Crippen molar-refractivity contribution in [2.75, 3.05) is 5.32 Å². The number of carboxylic acids is 1. The van der Waals surface area contributed by atoms with Crippen molar-refractivity contribution in [3.05, 3.63) is 34.6 Å². The summed E-state index contributed by atoms with van der Waals surface area (Å²) in [6, 6.07) is 3.42. The van der Waals surface area contributed by atoms with Gasteiger partial charge in [-0.1, -0.05) is 16.8 Å². The van der Waals surface area contributed by atoms with Gasteiger partial charge in [0.15, 0.2) is 5.82 Å². The fourth-order valence-corrected chi connectivity index (χ4v) is 1.50. The molecule has 1 aromatic carbocycles. The number of aromatic nitrogens is 4. The zero-order valence-corrected chi connectivity index (χ0v) is 10.7. The van der Waals surface area contributed by atoms with Crippen molar-refractivity contribution < 1.29 is 14.7 Å². The Bertz CT molecular complexity index is 630. The molecule has 0 aliphatic heterocycles. The molecule has 0 aliphatic rings. The number of urea groups is 1. The number of halogens is 1. The highest BCUT2D eigenvalue weighted by atomic mass is 35.5. The molecule has 104 valence electrons. The summed E-state index contributed by atoms with van der Waals surface area (Å²) in [5.41, 5.74) is 0.208. The van der Waals surface area contributed by atoms with Gasteiger partial charge in [0.25, 0.3) is 0 Å². The number of amides is 2. The normalized spacial score (nSPS) is 10.1. The lowest BCUT2D eigenvalue weighted by molar-refractivity contribution is 0.0697. The topological polar surface area (TPSA) is 133 Å². The fourth-order valence-electron chi connectivity index (χ4n) is 1.34. The number of nitrogens with one attached hydrogen (secondary N) is 3. The van der Waals surface area contributed by atoms with Crippen LogP contribution in [0.2, 0.25) is 5.02 Å². The van der Waals surface area contributed by atoms with Gasteiger partial charge in [0, 0.05) is 0 Å². The van der Waals surface area contributed by atoms with Crippen molar-refractivity contribution >= 4 is 29.3 Å². The van der Waals surface area contributed by atoms with E-state index in [9.17, 15) is 9.59 Å². The van der Waals surface area contributed by atoms with Gasteiger partial charge in [0.1, 0.15) is 0 Å². The van der Waals surface area contributed by atoms with E-state index < -0.39 is 12.0 Å². The van der Waals surface area contributed by atoms with E-state index in [0.29, 0.717) is 5.82 Å². The van der Waals surface area contributed by atoms with Crippen molar-refractivity contribution in [1.82, 2.24) is 25.9 Å². The number of benzene rings is 1. The summed E-state index contributed by atoms with van der Waals surface area (Å²) in [5, 5.41) is 26.9. The molecule has 1 heterocycles. The van der Waals surface area contributed by atoms with Gasteiger partial charge in [-0.25, -0.2) is 9.59 Å². The number of aromatic carboxylic acids is 1. The standard InChI is InChI=1S/C10H9ClN6O3/c11-6-2-1-5(9(18)19)3-7(6)13-10(20)12-4-8-14-16-17-15-8/h1-3H,4H2,(H,18,19)(H2,12,13,20)(H,14,15,16,17). The first-order chi connectivity index (χ1) is 9.56. The third kappa shape index (κ3) is 3.42. The first-order valence-corrected chi connectivity index (χ1v) is 5.74. The maximum atomic E-state index is 11.6. The molecule has 0 aliphatic carbocycles. The average Bonchev–Trinajstić information content (AvgIpc) is 2.92. The zero-order valence-electron chi connectivity index (χ0n) is 9.92. The third-order valence-electron chi connectivity index (χ3n) is 2.26. The number of rotatable bonds is 4. The Morgan fingerprint density at radius 1 is 1.40 bits per heavy atom. The molecule has 0 saturated carbocycles. The largest absolute Gasteiger partial charge is 0.478 e. The van der Waals surface area contributed by atoms with Crippen molar-refractivity contribution in [2.24, 2.45) is 0 Å². The van der Waals surface area contributed by atoms with Crippen LogP contribution in [0.1, 0.15) is 16.2 Å². The molecule has 0 fully saturated rings. The molecule has 0 bridgehead atoms. The Labute approximate surface area is 117 Å². The lowest BCUT2D eigenvalue weighted by Gasteiger charge is -2.08. The van der Waals surface area contributed by atoms with E-state index in [4.69, 9.17) is 16.7 Å². The second-order valence-corrected chi connectivity index (χ2v) is 4.04. The number of carbonyl (C=O) groups excluding carboxylic acids is 1.